The van der Waals surface area contributed by atoms with E-state index in [1.807, 2.05) is 6.92 Å². The van der Waals surface area contributed by atoms with Crippen LogP contribution in [-0.2, 0) is 4.84 Å². The molecule has 0 bridgehead atoms. The molecule has 0 atom stereocenters. The Kier molecular flexibility index (Phi) is 3.00. The standard InChI is InChI=1S/C10H22N2O/c1-6-13-12-9(2,3)7-11-8-10(12,4)5/h11H,6-8H2,1-5H3. The Labute approximate surface area is 81.4 Å². The smallest absolute Gasteiger partial charge is 0.0657 e. The van der Waals surface area contributed by atoms with Gasteiger partial charge in [0.2, 0.25) is 0 Å². The summed E-state index contributed by atoms with van der Waals surface area (Å²) >= 11 is 0. The van der Waals surface area contributed by atoms with Gasteiger partial charge in [0, 0.05) is 13.1 Å². The summed E-state index contributed by atoms with van der Waals surface area (Å²) in [5.41, 5.74) is 0.162. The van der Waals surface area contributed by atoms with Crippen LogP contribution in [0.3, 0.4) is 0 Å². The molecule has 1 aliphatic heterocycles. The lowest BCUT2D eigenvalue weighted by molar-refractivity contribution is -0.271. The minimum absolute atomic E-state index is 0.0811. The Bertz CT molecular complexity index is 162. The number of piperazine rings is 1. The second kappa shape index (κ2) is 3.56. The van der Waals surface area contributed by atoms with Crippen molar-refractivity contribution in [1.29, 1.82) is 0 Å². The van der Waals surface area contributed by atoms with E-state index in [-0.39, 0.29) is 11.1 Å². The van der Waals surface area contributed by atoms with Crippen LogP contribution < -0.4 is 5.32 Å². The van der Waals surface area contributed by atoms with Gasteiger partial charge in [0.25, 0.3) is 0 Å². The van der Waals surface area contributed by atoms with Crippen molar-refractivity contribution in [3.63, 3.8) is 0 Å². The second-order valence-corrected chi connectivity index (χ2v) is 4.94. The summed E-state index contributed by atoms with van der Waals surface area (Å²) in [7, 11) is 0. The van der Waals surface area contributed by atoms with Crippen LogP contribution in [-0.4, -0.2) is 35.8 Å². The maximum Gasteiger partial charge on any atom is 0.0657 e. The second-order valence-electron chi connectivity index (χ2n) is 4.94. The Morgan fingerprint density at radius 2 is 1.62 bits per heavy atom. The zero-order chi connectivity index (χ0) is 10.1. The molecule has 1 N–H and O–H groups in total. The molecule has 3 nitrogen and oxygen atoms in total. The molecule has 0 aromatic heterocycles. The number of nitrogens with zero attached hydrogens (tertiary/aromatic N) is 1. The molecule has 0 radical (unpaired) electrons. The molecule has 3 heteroatoms. The molecule has 0 unspecified atom stereocenters. The van der Waals surface area contributed by atoms with Gasteiger partial charge in [0.1, 0.15) is 0 Å². The van der Waals surface area contributed by atoms with E-state index in [9.17, 15) is 0 Å². The number of hydroxylamine groups is 2. The van der Waals surface area contributed by atoms with E-state index >= 15 is 0 Å². The van der Waals surface area contributed by atoms with Crippen LogP contribution in [0.4, 0.5) is 0 Å². The van der Waals surface area contributed by atoms with Gasteiger partial charge in [-0.1, -0.05) is 0 Å². The SMILES string of the molecule is CCON1C(C)(C)CNCC1(C)C. The van der Waals surface area contributed by atoms with Crippen molar-refractivity contribution in [2.24, 2.45) is 0 Å². The number of hydrogen-bond donors (Lipinski definition) is 1. The average Bonchev–Trinajstić information content (AvgIpc) is 1.96. The van der Waals surface area contributed by atoms with E-state index in [2.05, 4.69) is 38.1 Å². The lowest BCUT2D eigenvalue weighted by Crippen LogP contribution is -2.67. The molecule has 78 valence electrons. The highest BCUT2D eigenvalue weighted by Gasteiger charge is 2.42. The summed E-state index contributed by atoms with van der Waals surface area (Å²) in [6.45, 7) is 13.6. The molecule has 1 aliphatic rings. The van der Waals surface area contributed by atoms with Crippen molar-refractivity contribution >= 4 is 0 Å². The first-order chi connectivity index (χ1) is 5.90. The fourth-order valence-corrected chi connectivity index (χ4v) is 2.12. The van der Waals surface area contributed by atoms with E-state index in [0.29, 0.717) is 0 Å². The van der Waals surface area contributed by atoms with Gasteiger partial charge in [-0.2, -0.15) is 5.06 Å². The van der Waals surface area contributed by atoms with Crippen LogP contribution in [0.25, 0.3) is 0 Å². The molecule has 13 heavy (non-hydrogen) atoms. The molecule has 0 aromatic rings. The predicted octanol–water partition coefficient (Wildman–Crippen LogP) is 1.40. The van der Waals surface area contributed by atoms with Crippen molar-refractivity contribution in [3.8, 4) is 0 Å². The molecular formula is C10H22N2O. The zero-order valence-corrected chi connectivity index (χ0v) is 9.48. The van der Waals surface area contributed by atoms with Crippen LogP contribution in [0, 0.1) is 0 Å². The van der Waals surface area contributed by atoms with Gasteiger partial charge in [-0.05, 0) is 34.6 Å². The monoisotopic (exact) mass is 186 g/mol. The number of hydrogen-bond acceptors (Lipinski definition) is 3. The summed E-state index contributed by atoms with van der Waals surface area (Å²) in [6, 6.07) is 0. The van der Waals surface area contributed by atoms with Gasteiger partial charge >= 0.3 is 0 Å². The Morgan fingerprint density at radius 3 is 2.00 bits per heavy atom. The Hall–Kier alpha value is -0.120. The zero-order valence-electron chi connectivity index (χ0n) is 9.48. The van der Waals surface area contributed by atoms with E-state index in [1.165, 1.54) is 0 Å². The van der Waals surface area contributed by atoms with Crippen molar-refractivity contribution in [3.05, 3.63) is 0 Å². The maximum atomic E-state index is 5.71. The number of nitrogens with one attached hydrogen (secondary N) is 1. The molecular weight excluding hydrogens is 164 g/mol. The van der Waals surface area contributed by atoms with Crippen LogP contribution in [0.1, 0.15) is 34.6 Å². The molecule has 1 fully saturated rings. The Morgan fingerprint density at radius 1 is 1.15 bits per heavy atom. The van der Waals surface area contributed by atoms with Gasteiger partial charge in [0.05, 0.1) is 17.7 Å². The molecule has 0 aromatic carbocycles. The topological polar surface area (TPSA) is 24.5 Å². The highest BCUT2D eigenvalue weighted by molar-refractivity contribution is 4.95. The van der Waals surface area contributed by atoms with E-state index in [4.69, 9.17) is 4.84 Å². The van der Waals surface area contributed by atoms with Crippen LogP contribution in [0.5, 0.6) is 0 Å². The minimum Gasteiger partial charge on any atom is -0.313 e. The summed E-state index contributed by atoms with van der Waals surface area (Å²) in [6.07, 6.45) is 0. The quantitative estimate of drug-likeness (QED) is 0.705. The lowest BCUT2D eigenvalue weighted by Gasteiger charge is -2.51. The first-order valence-electron chi connectivity index (χ1n) is 5.04. The summed E-state index contributed by atoms with van der Waals surface area (Å²) in [5.74, 6) is 0. The summed E-state index contributed by atoms with van der Waals surface area (Å²) < 4.78 is 0. The maximum absolute atomic E-state index is 5.71. The fourth-order valence-electron chi connectivity index (χ4n) is 2.12. The summed E-state index contributed by atoms with van der Waals surface area (Å²) in [4.78, 5) is 5.71. The van der Waals surface area contributed by atoms with Crippen LogP contribution in [0.15, 0.2) is 0 Å². The highest BCUT2D eigenvalue weighted by atomic mass is 16.7. The molecule has 0 spiro atoms. The molecule has 0 saturated carbocycles. The normalized spacial score (nSPS) is 27.5. The third-order valence-corrected chi connectivity index (χ3v) is 2.47. The van der Waals surface area contributed by atoms with E-state index in [0.717, 1.165) is 19.7 Å². The van der Waals surface area contributed by atoms with Gasteiger partial charge in [-0.15, -0.1) is 0 Å². The third-order valence-electron chi connectivity index (χ3n) is 2.47. The van der Waals surface area contributed by atoms with Crippen molar-refractivity contribution in [2.75, 3.05) is 19.7 Å². The third kappa shape index (κ3) is 2.22. The largest absolute Gasteiger partial charge is 0.313 e. The fraction of sp³-hybridized carbons (Fsp3) is 1.00. The number of rotatable bonds is 2. The van der Waals surface area contributed by atoms with E-state index < -0.39 is 0 Å². The summed E-state index contributed by atoms with van der Waals surface area (Å²) in [5, 5.41) is 5.57. The molecule has 1 rings (SSSR count). The first-order valence-corrected chi connectivity index (χ1v) is 5.04. The van der Waals surface area contributed by atoms with Gasteiger partial charge in [-0.25, -0.2) is 0 Å². The van der Waals surface area contributed by atoms with Gasteiger partial charge < -0.3 is 5.32 Å². The van der Waals surface area contributed by atoms with E-state index in [1.54, 1.807) is 0 Å². The predicted molar refractivity (Wildman–Crippen MR) is 54.5 cm³/mol. The highest BCUT2D eigenvalue weighted by Crippen LogP contribution is 2.28. The molecule has 0 aliphatic carbocycles. The van der Waals surface area contributed by atoms with Crippen LogP contribution in [0.2, 0.25) is 0 Å². The molecule has 0 amide bonds. The molecule has 1 saturated heterocycles. The minimum atomic E-state index is 0.0811. The van der Waals surface area contributed by atoms with Gasteiger partial charge in [0.15, 0.2) is 0 Å². The Balaban J connectivity index is 2.78. The van der Waals surface area contributed by atoms with Crippen LogP contribution >= 0.6 is 0 Å². The van der Waals surface area contributed by atoms with Crippen molar-refractivity contribution < 1.29 is 4.84 Å². The van der Waals surface area contributed by atoms with Crippen molar-refractivity contribution in [1.82, 2.24) is 10.4 Å². The average molecular weight is 186 g/mol. The van der Waals surface area contributed by atoms with Crippen molar-refractivity contribution in [2.45, 2.75) is 45.7 Å². The molecule has 1 heterocycles. The first kappa shape index (κ1) is 11.0. The van der Waals surface area contributed by atoms with Gasteiger partial charge in [-0.3, -0.25) is 4.84 Å². The lowest BCUT2D eigenvalue weighted by atomic mass is 9.92.